The van der Waals surface area contributed by atoms with Crippen molar-refractivity contribution in [1.82, 2.24) is 9.88 Å². The summed E-state index contributed by atoms with van der Waals surface area (Å²) < 4.78 is 30.2. The first-order chi connectivity index (χ1) is 18.1. The summed E-state index contributed by atoms with van der Waals surface area (Å²) in [7, 11) is 0. The van der Waals surface area contributed by atoms with Crippen LogP contribution < -0.4 is 14.2 Å². The summed E-state index contributed by atoms with van der Waals surface area (Å²) in [5.74, 6) is 3.29. The van der Waals surface area contributed by atoms with Crippen molar-refractivity contribution >= 4 is 0 Å². The molecule has 4 heterocycles. The fourth-order valence-corrected chi connectivity index (χ4v) is 7.46. The first kappa shape index (κ1) is 23.7. The first-order valence-electron chi connectivity index (χ1n) is 14.1. The minimum Gasteiger partial charge on any atom is -0.493 e. The molecule has 37 heavy (non-hydrogen) atoms. The Bertz CT molecular complexity index is 1170. The quantitative estimate of drug-likeness (QED) is 0.546. The van der Waals surface area contributed by atoms with E-state index in [2.05, 4.69) is 41.9 Å². The van der Waals surface area contributed by atoms with Gasteiger partial charge in [-0.25, -0.2) is 0 Å². The largest absolute Gasteiger partial charge is 0.493 e. The number of nitrogens with zero attached hydrogens (tertiary/aromatic N) is 2. The van der Waals surface area contributed by atoms with E-state index < -0.39 is 0 Å². The number of pyridine rings is 1. The molecule has 0 radical (unpaired) electrons. The highest BCUT2D eigenvalue weighted by molar-refractivity contribution is 5.53. The van der Waals surface area contributed by atoms with E-state index in [1.807, 2.05) is 6.20 Å². The van der Waals surface area contributed by atoms with E-state index in [0.717, 1.165) is 62.4 Å². The van der Waals surface area contributed by atoms with Crippen LogP contribution in [0.4, 0.5) is 0 Å². The molecule has 0 N–H and O–H groups in total. The lowest BCUT2D eigenvalue weighted by Gasteiger charge is -2.47. The van der Waals surface area contributed by atoms with Crippen LogP contribution in [0.15, 0.2) is 24.4 Å². The van der Waals surface area contributed by atoms with Crippen molar-refractivity contribution in [3.8, 4) is 17.2 Å². The Balaban J connectivity index is 1.11. The highest BCUT2D eigenvalue weighted by atomic mass is 16.7. The summed E-state index contributed by atoms with van der Waals surface area (Å²) in [5, 5.41) is 0. The van der Waals surface area contributed by atoms with Crippen molar-refractivity contribution in [3.63, 3.8) is 0 Å². The molecule has 1 saturated carbocycles. The SMILES string of the molecule is C[C@@H](COc1ccnc2c1[C@H](C)CCC2)CN1Cc2cc3c(cc2C12CCC1(CC2)OCCO1)OCO3. The zero-order valence-corrected chi connectivity index (χ0v) is 22.1. The van der Waals surface area contributed by atoms with E-state index >= 15 is 0 Å². The van der Waals surface area contributed by atoms with Crippen LogP contribution in [0.25, 0.3) is 0 Å². The molecule has 7 heteroatoms. The van der Waals surface area contributed by atoms with Gasteiger partial charge in [0.15, 0.2) is 17.3 Å². The van der Waals surface area contributed by atoms with Gasteiger partial charge in [0.2, 0.25) is 6.79 Å². The second kappa shape index (κ2) is 9.14. The minimum atomic E-state index is -0.387. The van der Waals surface area contributed by atoms with Crippen LogP contribution in [-0.2, 0) is 28.0 Å². The molecule has 0 unspecified atom stereocenters. The van der Waals surface area contributed by atoms with Gasteiger partial charge in [0.1, 0.15) is 5.75 Å². The molecule has 2 aromatic rings. The summed E-state index contributed by atoms with van der Waals surface area (Å²) >= 11 is 0. The predicted molar refractivity (Wildman–Crippen MR) is 138 cm³/mol. The van der Waals surface area contributed by atoms with E-state index in [-0.39, 0.29) is 11.3 Å². The lowest BCUT2D eigenvalue weighted by Crippen LogP contribution is -2.50. The fraction of sp³-hybridized carbons (Fsp3) is 0.633. The summed E-state index contributed by atoms with van der Waals surface area (Å²) in [6.45, 7) is 8.93. The number of aryl methyl sites for hydroxylation is 1. The van der Waals surface area contributed by atoms with Gasteiger partial charge in [-0.15, -0.1) is 0 Å². The maximum atomic E-state index is 6.49. The molecule has 7 rings (SSSR count). The van der Waals surface area contributed by atoms with Gasteiger partial charge in [-0.3, -0.25) is 9.88 Å². The fourth-order valence-electron chi connectivity index (χ4n) is 7.46. The van der Waals surface area contributed by atoms with Gasteiger partial charge >= 0.3 is 0 Å². The predicted octanol–water partition coefficient (Wildman–Crippen LogP) is 5.29. The minimum absolute atomic E-state index is 0.0323. The molecular formula is C30H38N2O5. The van der Waals surface area contributed by atoms with Gasteiger partial charge in [0, 0.05) is 54.8 Å². The molecule has 0 amide bonds. The average Bonchev–Trinajstić information content (AvgIpc) is 3.62. The van der Waals surface area contributed by atoms with Crippen LogP contribution in [0.1, 0.15) is 80.7 Å². The topological polar surface area (TPSA) is 62.3 Å². The molecular weight excluding hydrogens is 468 g/mol. The normalized spacial score (nSPS) is 25.8. The highest BCUT2D eigenvalue weighted by Gasteiger charge is 2.53. The van der Waals surface area contributed by atoms with E-state index in [4.69, 9.17) is 23.7 Å². The van der Waals surface area contributed by atoms with Crippen LogP contribution in [0.3, 0.4) is 0 Å². The van der Waals surface area contributed by atoms with Crippen molar-refractivity contribution in [3.05, 3.63) is 46.8 Å². The van der Waals surface area contributed by atoms with Crippen LogP contribution >= 0.6 is 0 Å². The molecule has 3 aliphatic heterocycles. The maximum Gasteiger partial charge on any atom is 0.231 e. The summed E-state index contributed by atoms with van der Waals surface area (Å²) in [4.78, 5) is 7.34. The van der Waals surface area contributed by atoms with Gasteiger partial charge in [-0.05, 0) is 67.3 Å². The van der Waals surface area contributed by atoms with Crippen LogP contribution in [0, 0.1) is 5.92 Å². The van der Waals surface area contributed by atoms with Crippen LogP contribution in [-0.4, -0.2) is 48.8 Å². The zero-order valence-electron chi connectivity index (χ0n) is 22.1. The van der Waals surface area contributed by atoms with E-state index in [9.17, 15) is 0 Å². The second-order valence-electron chi connectivity index (χ2n) is 11.8. The highest BCUT2D eigenvalue weighted by Crippen LogP contribution is 2.55. The molecule has 198 valence electrons. The van der Waals surface area contributed by atoms with E-state index in [0.29, 0.717) is 38.4 Å². The molecule has 2 aliphatic carbocycles. The third-order valence-electron chi connectivity index (χ3n) is 9.35. The van der Waals surface area contributed by atoms with Gasteiger partial charge in [0.05, 0.1) is 19.8 Å². The van der Waals surface area contributed by atoms with Crippen molar-refractivity contribution in [2.24, 2.45) is 5.92 Å². The number of benzene rings is 1. The number of rotatable bonds is 5. The Morgan fingerprint density at radius 1 is 1.11 bits per heavy atom. The molecule has 1 aromatic carbocycles. The standard InChI is InChI=1S/C30H38N2O5/c1-20(18-33-25-6-11-31-24-5-3-4-21(2)28(24)25)16-32-17-22-14-26-27(35-19-34-26)15-23(22)29(32)7-9-30(10-8-29)36-12-13-37-30/h6,11,14-15,20-21H,3-5,7-10,12-13,16-19H2,1-2H3/t20-,21-/m1/s1. The second-order valence-corrected chi connectivity index (χ2v) is 11.8. The Morgan fingerprint density at radius 2 is 1.89 bits per heavy atom. The molecule has 5 aliphatic rings. The van der Waals surface area contributed by atoms with Crippen molar-refractivity contribution in [2.75, 3.05) is 33.2 Å². The lowest BCUT2D eigenvalue weighted by molar-refractivity contribution is -0.195. The van der Waals surface area contributed by atoms with Gasteiger partial charge < -0.3 is 23.7 Å². The molecule has 2 fully saturated rings. The summed E-state index contributed by atoms with van der Waals surface area (Å²) in [6, 6.07) is 6.51. The van der Waals surface area contributed by atoms with E-state index in [1.54, 1.807) is 0 Å². The Kier molecular flexibility index (Phi) is 5.86. The van der Waals surface area contributed by atoms with Gasteiger partial charge in [-0.2, -0.15) is 0 Å². The summed E-state index contributed by atoms with van der Waals surface area (Å²) in [5.41, 5.74) is 5.28. The van der Waals surface area contributed by atoms with Crippen molar-refractivity contribution in [1.29, 1.82) is 0 Å². The summed E-state index contributed by atoms with van der Waals surface area (Å²) in [6.07, 6.45) is 9.28. The lowest BCUT2D eigenvalue weighted by atomic mass is 9.74. The number of ether oxygens (including phenoxy) is 5. The van der Waals surface area contributed by atoms with Crippen LogP contribution in [0.5, 0.6) is 17.2 Å². The van der Waals surface area contributed by atoms with Crippen molar-refractivity contribution in [2.45, 2.75) is 82.6 Å². The molecule has 2 spiro atoms. The van der Waals surface area contributed by atoms with Crippen molar-refractivity contribution < 1.29 is 23.7 Å². The molecule has 2 atom stereocenters. The number of hydrogen-bond donors (Lipinski definition) is 0. The zero-order chi connectivity index (χ0) is 25.0. The molecule has 1 saturated heterocycles. The van der Waals surface area contributed by atoms with Gasteiger partial charge in [-0.1, -0.05) is 13.8 Å². The number of aromatic nitrogens is 1. The average molecular weight is 507 g/mol. The smallest absolute Gasteiger partial charge is 0.231 e. The maximum absolute atomic E-state index is 6.49. The van der Waals surface area contributed by atoms with Gasteiger partial charge in [0.25, 0.3) is 0 Å². The first-order valence-corrected chi connectivity index (χ1v) is 14.1. The molecule has 1 aromatic heterocycles. The number of fused-ring (bicyclic) bond motifs is 4. The monoisotopic (exact) mass is 506 g/mol. The third kappa shape index (κ3) is 4.01. The van der Waals surface area contributed by atoms with Crippen LogP contribution in [0.2, 0.25) is 0 Å². The Morgan fingerprint density at radius 3 is 2.70 bits per heavy atom. The molecule has 7 nitrogen and oxygen atoms in total. The molecule has 0 bridgehead atoms. The number of hydrogen-bond acceptors (Lipinski definition) is 7. The Labute approximate surface area is 219 Å². The van der Waals surface area contributed by atoms with E-state index in [1.165, 1.54) is 35.2 Å². The third-order valence-corrected chi connectivity index (χ3v) is 9.35. The Hall–Kier alpha value is -2.35.